The molecule has 7 heteroatoms. The molecule has 0 saturated heterocycles. The van der Waals surface area contributed by atoms with Crippen molar-refractivity contribution in [3.05, 3.63) is 28.3 Å². The zero-order chi connectivity index (χ0) is 17.8. The van der Waals surface area contributed by atoms with E-state index in [1.165, 1.54) is 20.0 Å². The molecule has 2 atom stereocenters. The van der Waals surface area contributed by atoms with Gasteiger partial charge in [0.25, 0.3) is 0 Å². The lowest BCUT2D eigenvalue weighted by atomic mass is 9.90. The zero-order valence-electron chi connectivity index (χ0n) is 13.3. The van der Waals surface area contributed by atoms with Crippen LogP contribution in [0.5, 0.6) is 0 Å². The van der Waals surface area contributed by atoms with Crippen LogP contribution in [0.15, 0.2) is 12.1 Å². The summed E-state index contributed by atoms with van der Waals surface area (Å²) >= 11 is 5.94. The number of nitrogens with one attached hydrogen (secondary N) is 1. The molecule has 2 N–H and O–H groups in total. The van der Waals surface area contributed by atoms with E-state index in [4.69, 9.17) is 11.6 Å². The van der Waals surface area contributed by atoms with Gasteiger partial charge in [-0.3, -0.25) is 4.79 Å². The number of benzene rings is 1. The van der Waals surface area contributed by atoms with Crippen LogP contribution in [0.2, 0.25) is 5.02 Å². The fourth-order valence-corrected chi connectivity index (χ4v) is 2.77. The van der Waals surface area contributed by atoms with Gasteiger partial charge >= 0.3 is 6.18 Å². The van der Waals surface area contributed by atoms with Gasteiger partial charge in [-0.1, -0.05) is 11.6 Å². The molecule has 0 aliphatic carbocycles. The van der Waals surface area contributed by atoms with Crippen LogP contribution in [-0.2, 0) is 17.4 Å². The SMILES string of the molecule is CNc1c(Cl)cc(C[C@@H](CCC(C)O)C(C)=O)cc1C(F)(F)F. The van der Waals surface area contributed by atoms with Crippen LogP contribution in [0.25, 0.3) is 0 Å². The van der Waals surface area contributed by atoms with Crippen LogP contribution < -0.4 is 5.32 Å². The molecule has 1 rings (SSSR count). The summed E-state index contributed by atoms with van der Waals surface area (Å²) < 4.78 is 39.4. The van der Waals surface area contributed by atoms with Crippen LogP contribution in [0.3, 0.4) is 0 Å². The maximum Gasteiger partial charge on any atom is 0.418 e. The maximum absolute atomic E-state index is 13.1. The Morgan fingerprint density at radius 3 is 2.39 bits per heavy atom. The third-order valence-corrected chi connectivity index (χ3v) is 3.99. The van der Waals surface area contributed by atoms with Crippen LogP contribution in [-0.4, -0.2) is 24.0 Å². The molecule has 0 aromatic heterocycles. The summed E-state index contributed by atoms with van der Waals surface area (Å²) in [6.45, 7) is 3.01. The van der Waals surface area contributed by atoms with Gasteiger partial charge in [0.15, 0.2) is 0 Å². The summed E-state index contributed by atoms with van der Waals surface area (Å²) in [5, 5.41) is 11.8. The first-order chi connectivity index (χ1) is 10.6. The number of Topliss-reactive ketones (excluding diaryl/α,β-unsaturated/α-hetero) is 1. The first-order valence-corrected chi connectivity index (χ1v) is 7.70. The number of aliphatic hydroxyl groups excluding tert-OH is 1. The highest BCUT2D eigenvalue weighted by Gasteiger charge is 2.35. The number of anilines is 1. The fourth-order valence-electron chi connectivity index (χ4n) is 2.43. The highest BCUT2D eigenvalue weighted by molar-refractivity contribution is 6.33. The van der Waals surface area contributed by atoms with Crippen LogP contribution >= 0.6 is 11.6 Å². The first kappa shape index (κ1) is 19.8. The van der Waals surface area contributed by atoms with Crippen molar-refractivity contribution in [2.75, 3.05) is 12.4 Å². The molecular weight excluding hydrogens is 331 g/mol. The predicted octanol–water partition coefficient (Wildman–Crippen LogP) is 4.31. The standard InChI is InChI=1S/C16H21ClF3NO2/c1-9(22)4-5-12(10(2)23)6-11-7-13(16(18,19)20)15(21-3)14(17)8-11/h7-9,12,21-22H,4-6H2,1-3H3/t9?,12-/m1/s1. The van der Waals surface area contributed by atoms with Crippen LogP contribution in [0, 0.1) is 5.92 Å². The van der Waals surface area contributed by atoms with Gasteiger partial charge in [-0.2, -0.15) is 13.2 Å². The summed E-state index contributed by atoms with van der Waals surface area (Å²) in [7, 11) is 1.37. The first-order valence-electron chi connectivity index (χ1n) is 7.32. The van der Waals surface area contributed by atoms with E-state index in [0.717, 1.165) is 6.07 Å². The van der Waals surface area contributed by atoms with Crippen molar-refractivity contribution < 1.29 is 23.1 Å². The molecule has 0 heterocycles. The quantitative estimate of drug-likeness (QED) is 0.769. The molecule has 1 aromatic rings. The minimum absolute atomic E-state index is 0.0323. The molecule has 0 amide bonds. The monoisotopic (exact) mass is 351 g/mol. The molecule has 130 valence electrons. The summed E-state index contributed by atoms with van der Waals surface area (Å²) in [5.41, 5.74) is -0.668. The van der Waals surface area contributed by atoms with Crippen molar-refractivity contribution >= 4 is 23.1 Å². The maximum atomic E-state index is 13.1. The number of halogens is 4. The Balaban J connectivity index is 3.12. The summed E-state index contributed by atoms with van der Waals surface area (Å²) in [6, 6.07) is 2.47. The molecule has 0 aliphatic heterocycles. The predicted molar refractivity (Wildman–Crippen MR) is 84.8 cm³/mol. The molecule has 0 saturated carbocycles. The molecule has 0 spiro atoms. The van der Waals surface area contributed by atoms with Gasteiger partial charge in [-0.25, -0.2) is 0 Å². The third kappa shape index (κ3) is 5.70. The number of carbonyl (C=O) groups excluding carboxylic acids is 1. The van der Waals surface area contributed by atoms with Crippen molar-refractivity contribution in [3.8, 4) is 0 Å². The average molecular weight is 352 g/mol. The highest BCUT2D eigenvalue weighted by atomic mass is 35.5. The second kappa shape index (κ2) is 8.02. The van der Waals surface area contributed by atoms with Crippen molar-refractivity contribution in [3.63, 3.8) is 0 Å². The van der Waals surface area contributed by atoms with Gasteiger partial charge in [-0.15, -0.1) is 0 Å². The Bertz CT molecular complexity index is 559. The molecule has 0 aliphatic rings. The van der Waals surface area contributed by atoms with E-state index >= 15 is 0 Å². The summed E-state index contributed by atoms with van der Waals surface area (Å²) in [5.74, 6) is -0.560. The van der Waals surface area contributed by atoms with Crippen molar-refractivity contribution in [2.24, 2.45) is 5.92 Å². The number of ketones is 1. The molecule has 0 fully saturated rings. The van der Waals surface area contributed by atoms with E-state index in [0.29, 0.717) is 18.4 Å². The molecule has 23 heavy (non-hydrogen) atoms. The Morgan fingerprint density at radius 2 is 1.96 bits per heavy atom. The van der Waals surface area contributed by atoms with Gasteiger partial charge in [0.05, 0.1) is 22.4 Å². The minimum Gasteiger partial charge on any atom is -0.393 e. The summed E-state index contributed by atoms with van der Waals surface area (Å²) in [6.07, 6.45) is -4.10. The molecule has 0 radical (unpaired) electrons. The molecule has 0 bridgehead atoms. The minimum atomic E-state index is -4.54. The topological polar surface area (TPSA) is 49.3 Å². The Morgan fingerprint density at radius 1 is 1.35 bits per heavy atom. The van der Waals surface area contributed by atoms with E-state index < -0.39 is 23.8 Å². The lowest BCUT2D eigenvalue weighted by Crippen LogP contribution is -2.17. The van der Waals surface area contributed by atoms with Crippen molar-refractivity contribution in [1.82, 2.24) is 0 Å². The molecule has 3 nitrogen and oxygen atoms in total. The number of alkyl halides is 3. The lowest BCUT2D eigenvalue weighted by molar-refractivity contribution is -0.137. The average Bonchev–Trinajstić information content (AvgIpc) is 2.41. The van der Waals surface area contributed by atoms with Gasteiger partial charge in [-0.05, 0) is 50.8 Å². The lowest BCUT2D eigenvalue weighted by Gasteiger charge is -2.19. The van der Waals surface area contributed by atoms with Gasteiger partial charge < -0.3 is 10.4 Å². The van der Waals surface area contributed by atoms with E-state index in [-0.39, 0.29) is 22.9 Å². The molecule has 1 aromatic carbocycles. The normalized spacial score (nSPS) is 14.4. The Labute approximate surface area is 138 Å². The van der Waals surface area contributed by atoms with E-state index in [9.17, 15) is 23.1 Å². The fraction of sp³-hybridized carbons (Fsp3) is 0.562. The van der Waals surface area contributed by atoms with E-state index in [2.05, 4.69) is 5.32 Å². The third-order valence-electron chi connectivity index (χ3n) is 3.70. The second-order valence-corrected chi connectivity index (χ2v) is 6.09. The van der Waals surface area contributed by atoms with Crippen molar-refractivity contribution in [1.29, 1.82) is 0 Å². The number of hydrogen-bond acceptors (Lipinski definition) is 3. The van der Waals surface area contributed by atoms with Gasteiger partial charge in [0, 0.05) is 13.0 Å². The number of aliphatic hydroxyl groups is 1. The van der Waals surface area contributed by atoms with Crippen LogP contribution in [0.1, 0.15) is 37.8 Å². The van der Waals surface area contributed by atoms with Gasteiger partial charge in [0.1, 0.15) is 5.78 Å². The Hall–Kier alpha value is -1.27. The largest absolute Gasteiger partial charge is 0.418 e. The van der Waals surface area contributed by atoms with E-state index in [1.807, 2.05) is 0 Å². The zero-order valence-corrected chi connectivity index (χ0v) is 14.1. The molecular formula is C16H21ClF3NO2. The smallest absolute Gasteiger partial charge is 0.393 e. The van der Waals surface area contributed by atoms with E-state index in [1.54, 1.807) is 6.92 Å². The summed E-state index contributed by atoms with van der Waals surface area (Å²) in [4.78, 5) is 11.7. The number of rotatable bonds is 7. The van der Waals surface area contributed by atoms with Gasteiger partial charge in [0.2, 0.25) is 0 Å². The second-order valence-electron chi connectivity index (χ2n) is 5.69. The highest BCUT2D eigenvalue weighted by Crippen LogP contribution is 2.39. The number of hydrogen-bond donors (Lipinski definition) is 2. The van der Waals surface area contributed by atoms with Crippen molar-refractivity contribution in [2.45, 2.75) is 45.4 Å². The molecule has 1 unspecified atom stereocenters. The van der Waals surface area contributed by atoms with Crippen LogP contribution in [0.4, 0.5) is 18.9 Å². The number of carbonyl (C=O) groups is 1. The Kier molecular flexibility index (Phi) is 6.89.